The number of rotatable bonds is 3. The lowest BCUT2D eigenvalue weighted by Gasteiger charge is -2.28. The summed E-state index contributed by atoms with van der Waals surface area (Å²) in [6, 6.07) is 5.71. The van der Waals surface area contributed by atoms with Gasteiger partial charge in [0.2, 0.25) is 0 Å². The topological polar surface area (TPSA) is 68.5 Å². The normalized spacial score (nSPS) is 13.8. The highest BCUT2D eigenvalue weighted by atomic mass is 32.1. The van der Waals surface area contributed by atoms with Crippen LogP contribution in [0.2, 0.25) is 0 Å². The van der Waals surface area contributed by atoms with E-state index >= 15 is 0 Å². The smallest absolute Gasteiger partial charge is 0.265 e. The van der Waals surface area contributed by atoms with Crippen LogP contribution in [-0.4, -0.2) is 24.0 Å². The fraction of sp³-hybridized carbons (Fsp3) is 0.200. The maximum Gasteiger partial charge on any atom is 0.265 e. The minimum Gasteiger partial charge on any atom is -0.482 e. The molecule has 0 radical (unpaired) electrons. The van der Waals surface area contributed by atoms with Gasteiger partial charge in [-0.3, -0.25) is 4.79 Å². The molecule has 2 heterocycles. The van der Waals surface area contributed by atoms with Gasteiger partial charge in [-0.15, -0.1) is 17.9 Å². The Morgan fingerprint density at radius 1 is 1.57 bits per heavy atom. The molecule has 1 aromatic heterocycles. The number of aromatic nitrogens is 1. The maximum absolute atomic E-state index is 12.0. The first kappa shape index (κ1) is 13.6. The van der Waals surface area contributed by atoms with Crippen molar-refractivity contribution < 1.29 is 9.53 Å². The van der Waals surface area contributed by atoms with Crippen molar-refractivity contribution in [2.24, 2.45) is 0 Å². The molecule has 21 heavy (non-hydrogen) atoms. The average Bonchev–Trinajstić information content (AvgIpc) is 2.80. The lowest BCUT2D eigenvalue weighted by Crippen LogP contribution is -2.38. The number of nitrogen functional groups attached to an aromatic ring is 1. The minimum atomic E-state index is -0.0749. The summed E-state index contributed by atoms with van der Waals surface area (Å²) in [6.45, 7) is 6.19. The molecule has 0 unspecified atom stereocenters. The monoisotopic (exact) mass is 301 g/mol. The molecule has 0 saturated heterocycles. The zero-order valence-corrected chi connectivity index (χ0v) is 12.4. The fourth-order valence-corrected chi connectivity index (χ4v) is 3.07. The number of benzene rings is 1. The number of anilines is 2. The highest BCUT2D eigenvalue weighted by Gasteiger charge is 2.25. The van der Waals surface area contributed by atoms with Gasteiger partial charge < -0.3 is 15.4 Å². The van der Waals surface area contributed by atoms with Crippen LogP contribution >= 0.6 is 11.3 Å². The molecule has 0 saturated carbocycles. The maximum atomic E-state index is 12.0. The zero-order chi connectivity index (χ0) is 15.0. The summed E-state index contributed by atoms with van der Waals surface area (Å²) in [5.74, 6) is 0.620. The average molecular weight is 301 g/mol. The molecule has 0 fully saturated rings. The second-order valence-corrected chi connectivity index (χ2v) is 5.96. The Bertz CT molecular complexity index is 724. The molecule has 2 N–H and O–H groups in total. The Hall–Kier alpha value is -2.34. The molecule has 1 aromatic carbocycles. The van der Waals surface area contributed by atoms with Gasteiger partial charge in [0.15, 0.2) is 11.7 Å². The van der Waals surface area contributed by atoms with Crippen LogP contribution in [0.4, 0.5) is 10.8 Å². The van der Waals surface area contributed by atoms with Gasteiger partial charge in [-0.2, -0.15) is 0 Å². The Balaban J connectivity index is 2.09. The Morgan fingerprint density at radius 2 is 2.38 bits per heavy atom. The SMILES string of the molecule is C=CCN1C(=O)COc2ccc(-c3nc(N)sc3C)cc21. The van der Waals surface area contributed by atoms with Crippen LogP contribution in [0.5, 0.6) is 5.75 Å². The van der Waals surface area contributed by atoms with Crippen LogP contribution in [0.3, 0.4) is 0 Å². The highest BCUT2D eigenvalue weighted by Crippen LogP contribution is 2.37. The van der Waals surface area contributed by atoms with E-state index in [1.165, 1.54) is 11.3 Å². The minimum absolute atomic E-state index is 0.0584. The Kier molecular flexibility index (Phi) is 3.39. The van der Waals surface area contributed by atoms with Crippen molar-refractivity contribution in [3.63, 3.8) is 0 Å². The number of amides is 1. The summed E-state index contributed by atoms with van der Waals surface area (Å²) in [5, 5.41) is 0.537. The highest BCUT2D eigenvalue weighted by molar-refractivity contribution is 7.15. The number of hydrogen-bond donors (Lipinski definition) is 1. The van der Waals surface area contributed by atoms with Gasteiger partial charge in [0.25, 0.3) is 5.91 Å². The fourth-order valence-electron chi connectivity index (χ4n) is 2.36. The molecule has 3 rings (SSSR count). The van der Waals surface area contributed by atoms with E-state index in [0.717, 1.165) is 21.8 Å². The molecule has 6 heteroatoms. The van der Waals surface area contributed by atoms with Crippen LogP contribution in [0.1, 0.15) is 4.88 Å². The van der Waals surface area contributed by atoms with Gasteiger partial charge in [0, 0.05) is 17.0 Å². The predicted molar refractivity (Wildman–Crippen MR) is 84.7 cm³/mol. The number of aryl methyl sites for hydroxylation is 1. The van der Waals surface area contributed by atoms with Crippen LogP contribution in [0.15, 0.2) is 30.9 Å². The molecule has 108 valence electrons. The van der Waals surface area contributed by atoms with Crippen LogP contribution in [0.25, 0.3) is 11.3 Å². The molecule has 0 spiro atoms. The van der Waals surface area contributed by atoms with E-state index in [4.69, 9.17) is 10.5 Å². The van der Waals surface area contributed by atoms with Crippen LogP contribution < -0.4 is 15.4 Å². The standard InChI is InChI=1S/C15H15N3O2S/c1-3-6-18-11-7-10(14-9(2)21-15(16)17-14)4-5-12(11)20-8-13(18)19/h3-5,7H,1,6,8H2,2H3,(H2,16,17). The number of thiazole rings is 1. The summed E-state index contributed by atoms with van der Waals surface area (Å²) in [4.78, 5) is 19.1. The molecule has 2 aromatic rings. The predicted octanol–water partition coefficient (Wildman–Crippen LogP) is 2.61. The molecule has 5 nitrogen and oxygen atoms in total. The number of carbonyl (C=O) groups excluding carboxylic acids is 1. The number of hydrogen-bond acceptors (Lipinski definition) is 5. The van der Waals surface area contributed by atoms with Crippen molar-refractivity contribution in [1.82, 2.24) is 4.98 Å². The van der Waals surface area contributed by atoms with Gasteiger partial charge in [0.05, 0.1) is 11.4 Å². The lowest BCUT2D eigenvalue weighted by molar-refractivity contribution is -0.121. The van der Waals surface area contributed by atoms with Gasteiger partial charge in [-0.05, 0) is 25.1 Å². The van der Waals surface area contributed by atoms with E-state index in [0.29, 0.717) is 17.4 Å². The quantitative estimate of drug-likeness (QED) is 0.885. The number of nitrogens with two attached hydrogens (primary N) is 1. The van der Waals surface area contributed by atoms with E-state index in [9.17, 15) is 4.79 Å². The number of carbonyl (C=O) groups is 1. The van der Waals surface area contributed by atoms with Gasteiger partial charge in [0.1, 0.15) is 5.75 Å². The van der Waals surface area contributed by atoms with Crippen molar-refractivity contribution in [2.45, 2.75) is 6.92 Å². The molecule has 1 aliphatic rings. The van der Waals surface area contributed by atoms with E-state index in [2.05, 4.69) is 11.6 Å². The molecular weight excluding hydrogens is 286 g/mol. The summed E-state index contributed by atoms with van der Waals surface area (Å²) in [7, 11) is 0. The first-order valence-corrected chi connectivity index (χ1v) is 7.33. The molecular formula is C15H15N3O2S. The summed E-state index contributed by atoms with van der Waals surface area (Å²) in [6.07, 6.45) is 1.70. The first-order chi connectivity index (χ1) is 10.1. The van der Waals surface area contributed by atoms with Crippen molar-refractivity contribution in [2.75, 3.05) is 23.8 Å². The van der Waals surface area contributed by atoms with E-state index in [-0.39, 0.29) is 12.5 Å². The van der Waals surface area contributed by atoms with Gasteiger partial charge in [-0.25, -0.2) is 4.98 Å². The lowest BCUT2D eigenvalue weighted by atomic mass is 10.1. The molecule has 0 bridgehead atoms. The third kappa shape index (κ3) is 2.38. The van der Waals surface area contributed by atoms with Crippen molar-refractivity contribution in [1.29, 1.82) is 0 Å². The molecule has 0 aliphatic carbocycles. The third-order valence-corrected chi connectivity index (χ3v) is 4.10. The van der Waals surface area contributed by atoms with Crippen molar-refractivity contribution in [3.8, 4) is 17.0 Å². The largest absolute Gasteiger partial charge is 0.482 e. The van der Waals surface area contributed by atoms with Crippen LogP contribution in [-0.2, 0) is 4.79 Å². The van der Waals surface area contributed by atoms with Gasteiger partial charge in [-0.1, -0.05) is 6.08 Å². The number of fused-ring (bicyclic) bond motifs is 1. The molecule has 0 atom stereocenters. The Morgan fingerprint density at radius 3 is 3.05 bits per heavy atom. The Labute approximate surface area is 126 Å². The van der Waals surface area contributed by atoms with E-state index in [1.54, 1.807) is 11.0 Å². The number of ether oxygens (including phenoxy) is 1. The molecule has 1 amide bonds. The number of nitrogens with zero attached hydrogens (tertiary/aromatic N) is 2. The van der Waals surface area contributed by atoms with Crippen LogP contribution in [0, 0.1) is 6.92 Å². The van der Waals surface area contributed by atoms with E-state index in [1.807, 2.05) is 25.1 Å². The molecule has 1 aliphatic heterocycles. The second-order valence-electron chi connectivity index (χ2n) is 4.72. The second kappa shape index (κ2) is 5.21. The van der Waals surface area contributed by atoms with Crippen molar-refractivity contribution >= 4 is 28.1 Å². The summed E-state index contributed by atoms with van der Waals surface area (Å²) in [5.41, 5.74) is 8.27. The first-order valence-electron chi connectivity index (χ1n) is 6.51. The van der Waals surface area contributed by atoms with Crippen molar-refractivity contribution in [3.05, 3.63) is 35.7 Å². The van der Waals surface area contributed by atoms with Gasteiger partial charge >= 0.3 is 0 Å². The summed E-state index contributed by atoms with van der Waals surface area (Å²) >= 11 is 1.45. The zero-order valence-electron chi connectivity index (χ0n) is 11.6. The van der Waals surface area contributed by atoms with E-state index < -0.39 is 0 Å². The summed E-state index contributed by atoms with van der Waals surface area (Å²) < 4.78 is 5.47. The third-order valence-electron chi connectivity index (χ3n) is 3.30.